The van der Waals surface area contributed by atoms with Gasteiger partial charge in [-0.15, -0.1) is 16.4 Å². The minimum absolute atomic E-state index is 0.273. The topological polar surface area (TPSA) is 91.1 Å². The van der Waals surface area contributed by atoms with Crippen LogP contribution in [0.1, 0.15) is 5.69 Å². The fourth-order valence-electron chi connectivity index (χ4n) is 1.38. The summed E-state index contributed by atoms with van der Waals surface area (Å²) in [4.78, 5) is 13.4. The minimum atomic E-state index is 0.273. The summed E-state index contributed by atoms with van der Waals surface area (Å²) in [6.07, 6.45) is 3.02. The van der Waals surface area contributed by atoms with Crippen molar-refractivity contribution in [2.24, 2.45) is 0 Å². The molecule has 6 nitrogen and oxygen atoms in total. The van der Waals surface area contributed by atoms with E-state index in [1.807, 2.05) is 23.6 Å². The van der Waals surface area contributed by atoms with Gasteiger partial charge in [0.05, 0.1) is 4.88 Å². The van der Waals surface area contributed by atoms with Gasteiger partial charge in [-0.1, -0.05) is 6.07 Å². The Morgan fingerprint density at radius 2 is 2.21 bits per heavy atom. The molecular weight excluding hydrogens is 280 g/mol. The van der Waals surface area contributed by atoms with Crippen molar-refractivity contribution in [1.82, 2.24) is 25.1 Å². The number of aromatic nitrogens is 5. The van der Waals surface area contributed by atoms with Crippen molar-refractivity contribution >= 4 is 23.1 Å². The third-order valence-corrected chi connectivity index (χ3v) is 3.91. The summed E-state index contributed by atoms with van der Waals surface area (Å²) in [5.74, 6) is 0.708. The maximum Gasteiger partial charge on any atom is 0.215 e. The van der Waals surface area contributed by atoms with Crippen LogP contribution in [0.3, 0.4) is 0 Å². The molecule has 19 heavy (non-hydrogen) atoms. The van der Waals surface area contributed by atoms with E-state index in [9.17, 15) is 0 Å². The van der Waals surface area contributed by atoms with E-state index in [0.29, 0.717) is 16.0 Å². The van der Waals surface area contributed by atoms with Gasteiger partial charge in [-0.2, -0.15) is 5.26 Å². The summed E-state index contributed by atoms with van der Waals surface area (Å²) in [6, 6.07) is 5.90. The first-order valence-corrected chi connectivity index (χ1v) is 6.91. The summed E-state index contributed by atoms with van der Waals surface area (Å²) >= 11 is 2.79. The first-order chi connectivity index (χ1) is 9.36. The largest absolute Gasteiger partial charge is 0.257 e. The van der Waals surface area contributed by atoms with Crippen molar-refractivity contribution in [3.8, 4) is 16.8 Å². The summed E-state index contributed by atoms with van der Waals surface area (Å²) in [5, 5.41) is 18.9. The highest BCUT2D eigenvalue weighted by Gasteiger charge is 2.11. The number of H-pyrrole nitrogens is 1. The minimum Gasteiger partial charge on any atom is -0.257 e. The molecule has 3 heterocycles. The highest BCUT2D eigenvalue weighted by Crippen LogP contribution is 2.27. The molecule has 92 valence electrons. The van der Waals surface area contributed by atoms with Crippen LogP contribution >= 0.6 is 23.1 Å². The van der Waals surface area contributed by atoms with Gasteiger partial charge in [-0.3, -0.25) is 5.10 Å². The van der Waals surface area contributed by atoms with Crippen LogP contribution in [-0.2, 0) is 0 Å². The number of nitrogens with one attached hydrogen (secondary N) is 1. The highest BCUT2D eigenvalue weighted by atomic mass is 32.2. The molecule has 3 aromatic rings. The van der Waals surface area contributed by atoms with Crippen LogP contribution in [0.5, 0.6) is 0 Å². The normalized spacial score (nSPS) is 10.3. The first kappa shape index (κ1) is 11.8. The zero-order chi connectivity index (χ0) is 13.1. The van der Waals surface area contributed by atoms with Crippen molar-refractivity contribution in [3.05, 3.63) is 35.6 Å². The van der Waals surface area contributed by atoms with Crippen molar-refractivity contribution in [3.63, 3.8) is 0 Å². The molecule has 0 fully saturated rings. The molecule has 0 aliphatic heterocycles. The van der Waals surface area contributed by atoms with E-state index in [-0.39, 0.29) is 5.69 Å². The number of nitriles is 1. The van der Waals surface area contributed by atoms with Crippen LogP contribution < -0.4 is 0 Å². The van der Waals surface area contributed by atoms with E-state index in [4.69, 9.17) is 5.26 Å². The lowest BCUT2D eigenvalue weighted by atomic mass is 10.4. The predicted octanol–water partition coefficient (Wildman–Crippen LogP) is 2.35. The molecule has 0 saturated carbocycles. The van der Waals surface area contributed by atoms with Crippen LogP contribution in [-0.4, -0.2) is 25.1 Å². The van der Waals surface area contributed by atoms with E-state index in [1.54, 1.807) is 11.3 Å². The van der Waals surface area contributed by atoms with Crippen LogP contribution in [0, 0.1) is 11.3 Å². The summed E-state index contributed by atoms with van der Waals surface area (Å²) in [7, 11) is 0. The molecule has 0 amide bonds. The Kier molecular flexibility index (Phi) is 3.22. The van der Waals surface area contributed by atoms with Gasteiger partial charge in [0.15, 0.2) is 11.5 Å². The molecule has 0 radical (unpaired) electrons. The third-order valence-electron chi connectivity index (χ3n) is 2.18. The molecule has 0 aliphatic carbocycles. The molecule has 0 spiro atoms. The number of hydrogen-bond donors (Lipinski definition) is 1. The molecule has 3 rings (SSSR count). The second-order valence-electron chi connectivity index (χ2n) is 3.37. The average molecular weight is 286 g/mol. The van der Waals surface area contributed by atoms with Gasteiger partial charge in [0.25, 0.3) is 0 Å². The van der Waals surface area contributed by atoms with E-state index in [1.165, 1.54) is 24.2 Å². The Balaban J connectivity index is 1.87. The molecular formula is C11H6N6S2. The van der Waals surface area contributed by atoms with E-state index < -0.39 is 0 Å². The predicted molar refractivity (Wildman–Crippen MR) is 70.6 cm³/mol. The third kappa shape index (κ3) is 2.47. The smallest absolute Gasteiger partial charge is 0.215 e. The SMILES string of the molecule is N#Cc1nccnc1Sc1n[nH]c(-c2cccs2)n1. The summed E-state index contributed by atoms with van der Waals surface area (Å²) in [5.41, 5.74) is 0.273. The molecule has 0 saturated heterocycles. The quantitative estimate of drug-likeness (QED) is 0.794. The molecule has 0 unspecified atom stereocenters. The summed E-state index contributed by atoms with van der Waals surface area (Å²) < 4.78 is 0. The van der Waals surface area contributed by atoms with Crippen LogP contribution in [0.2, 0.25) is 0 Å². The first-order valence-electron chi connectivity index (χ1n) is 5.22. The van der Waals surface area contributed by atoms with Gasteiger partial charge in [0.2, 0.25) is 5.16 Å². The zero-order valence-corrected chi connectivity index (χ0v) is 11.1. The molecule has 0 aromatic carbocycles. The Morgan fingerprint density at radius 3 is 3.00 bits per heavy atom. The second kappa shape index (κ2) is 5.17. The van der Waals surface area contributed by atoms with Crippen molar-refractivity contribution in [2.75, 3.05) is 0 Å². The van der Waals surface area contributed by atoms with Crippen molar-refractivity contribution in [1.29, 1.82) is 5.26 Å². The Hall–Kier alpha value is -2.24. The monoisotopic (exact) mass is 286 g/mol. The molecule has 0 bridgehead atoms. The summed E-state index contributed by atoms with van der Waals surface area (Å²) in [6.45, 7) is 0. The van der Waals surface area contributed by atoms with Crippen LogP contribution in [0.15, 0.2) is 40.1 Å². The lowest BCUT2D eigenvalue weighted by Crippen LogP contribution is -1.90. The fourth-order valence-corrected chi connectivity index (χ4v) is 2.75. The lowest BCUT2D eigenvalue weighted by Gasteiger charge is -1.96. The Bertz CT molecular complexity index is 728. The van der Waals surface area contributed by atoms with Crippen LogP contribution in [0.4, 0.5) is 0 Å². The lowest BCUT2D eigenvalue weighted by molar-refractivity contribution is 0.958. The van der Waals surface area contributed by atoms with Crippen molar-refractivity contribution < 1.29 is 0 Å². The van der Waals surface area contributed by atoms with Gasteiger partial charge in [-0.25, -0.2) is 15.0 Å². The van der Waals surface area contributed by atoms with Gasteiger partial charge in [0.1, 0.15) is 11.1 Å². The number of nitrogens with zero attached hydrogens (tertiary/aromatic N) is 5. The zero-order valence-electron chi connectivity index (χ0n) is 9.44. The standard InChI is InChI=1S/C11H6N6S2/c12-6-7-10(14-4-3-13-7)19-11-15-9(16-17-11)8-2-1-5-18-8/h1-5H,(H,15,16,17). The van der Waals surface area contributed by atoms with E-state index in [0.717, 1.165) is 4.88 Å². The van der Waals surface area contributed by atoms with Gasteiger partial charge >= 0.3 is 0 Å². The molecule has 8 heteroatoms. The number of aromatic amines is 1. The molecule has 0 aliphatic rings. The molecule has 0 atom stereocenters. The highest BCUT2D eigenvalue weighted by molar-refractivity contribution is 7.99. The number of hydrogen-bond acceptors (Lipinski definition) is 7. The molecule has 1 N–H and O–H groups in total. The van der Waals surface area contributed by atoms with Gasteiger partial charge in [0, 0.05) is 12.4 Å². The van der Waals surface area contributed by atoms with Crippen LogP contribution in [0.25, 0.3) is 10.7 Å². The Morgan fingerprint density at radius 1 is 1.32 bits per heavy atom. The fraction of sp³-hybridized carbons (Fsp3) is 0. The number of thiophene rings is 1. The van der Waals surface area contributed by atoms with Gasteiger partial charge < -0.3 is 0 Å². The molecule has 3 aromatic heterocycles. The van der Waals surface area contributed by atoms with Gasteiger partial charge in [-0.05, 0) is 23.2 Å². The number of rotatable bonds is 3. The second-order valence-corrected chi connectivity index (χ2v) is 5.27. The maximum absolute atomic E-state index is 8.94. The van der Waals surface area contributed by atoms with E-state index in [2.05, 4.69) is 25.1 Å². The maximum atomic E-state index is 8.94. The van der Waals surface area contributed by atoms with E-state index >= 15 is 0 Å². The Labute approximate surface area is 116 Å². The van der Waals surface area contributed by atoms with Crippen molar-refractivity contribution in [2.45, 2.75) is 10.2 Å². The average Bonchev–Trinajstić information content (AvgIpc) is 3.09.